The third-order valence-corrected chi connectivity index (χ3v) is 4.96. The Balaban J connectivity index is 1.63. The Labute approximate surface area is 146 Å². The summed E-state index contributed by atoms with van der Waals surface area (Å²) in [6.45, 7) is 6.96. The van der Waals surface area contributed by atoms with Crippen molar-refractivity contribution in [1.29, 1.82) is 0 Å². The molecule has 0 radical (unpaired) electrons. The number of nitrogens with one attached hydrogen (secondary N) is 1. The van der Waals surface area contributed by atoms with Gasteiger partial charge in [0.05, 0.1) is 6.20 Å². The van der Waals surface area contributed by atoms with E-state index in [1.165, 1.54) is 36.4 Å². The number of nitrogens with zero attached hydrogens (tertiary/aromatic N) is 5. The molecule has 2 aromatic heterocycles. The molecule has 3 rings (SSSR count). The average molecular weight is 346 g/mol. The predicted octanol–water partition coefficient (Wildman–Crippen LogP) is 0.511. The van der Waals surface area contributed by atoms with Crippen LogP contribution in [-0.4, -0.2) is 55.3 Å². The van der Waals surface area contributed by atoms with Gasteiger partial charge in [-0.15, -0.1) is 0 Å². The van der Waals surface area contributed by atoms with E-state index in [9.17, 15) is 9.59 Å². The lowest BCUT2D eigenvalue weighted by Crippen LogP contribution is -2.53. The van der Waals surface area contributed by atoms with Crippen molar-refractivity contribution in [3.05, 3.63) is 22.9 Å². The molecule has 8 nitrogen and oxygen atoms in total. The second-order valence-corrected chi connectivity index (χ2v) is 7.32. The number of carbonyl (C=O) groups excluding carboxylic acids is 1. The lowest BCUT2D eigenvalue weighted by molar-refractivity contribution is -0.122. The summed E-state index contributed by atoms with van der Waals surface area (Å²) in [4.78, 5) is 31.3. The van der Waals surface area contributed by atoms with Crippen LogP contribution in [0.3, 0.4) is 0 Å². The van der Waals surface area contributed by atoms with Gasteiger partial charge in [0.15, 0.2) is 5.65 Å². The Morgan fingerprint density at radius 2 is 2.00 bits per heavy atom. The standard InChI is InChI=1S/C17H26N6O2/c1-17(2,23-7-5-4-6-8-23)11-18-14(24)10-22-12-19-15-13(16(22)25)9-20-21(15)3/h9,12H,4-8,10-11H2,1-3H3,(H,18,24). The van der Waals surface area contributed by atoms with Crippen molar-refractivity contribution in [2.75, 3.05) is 19.6 Å². The quantitative estimate of drug-likeness (QED) is 0.853. The number of carbonyl (C=O) groups is 1. The molecule has 8 heteroatoms. The molecule has 1 N–H and O–H groups in total. The number of piperidine rings is 1. The maximum absolute atomic E-state index is 12.4. The van der Waals surface area contributed by atoms with Crippen LogP contribution < -0.4 is 10.9 Å². The molecule has 0 spiro atoms. The minimum Gasteiger partial charge on any atom is -0.353 e. The maximum Gasteiger partial charge on any atom is 0.264 e. The molecule has 1 fully saturated rings. The van der Waals surface area contributed by atoms with E-state index < -0.39 is 0 Å². The van der Waals surface area contributed by atoms with Crippen LogP contribution in [0.15, 0.2) is 17.3 Å². The molecule has 0 bridgehead atoms. The van der Waals surface area contributed by atoms with E-state index in [0.717, 1.165) is 13.1 Å². The number of hydrogen-bond donors (Lipinski definition) is 1. The monoisotopic (exact) mass is 346 g/mol. The summed E-state index contributed by atoms with van der Waals surface area (Å²) >= 11 is 0. The highest BCUT2D eigenvalue weighted by Crippen LogP contribution is 2.19. The van der Waals surface area contributed by atoms with Gasteiger partial charge >= 0.3 is 0 Å². The van der Waals surface area contributed by atoms with Gasteiger partial charge in [0.2, 0.25) is 5.91 Å². The predicted molar refractivity (Wildman–Crippen MR) is 95.3 cm³/mol. The molecule has 0 unspecified atom stereocenters. The van der Waals surface area contributed by atoms with Gasteiger partial charge in [-0.1, -0.05) is 6.42 Å². The van der Waals surface area contributed by atoms with Crippen molar-refractivity contribution in [3.8, 4) is 0 Å². The van der Waals surface area contributed by atoms with Crippen LogP contribution in [0.1, 0.15) is 33.1 Å². The molecule has 3 heterocycles. The van der Waals surface area contributed by atoms with Crippen molar-refractivity contribution < 1.29 is 4.79 Å². The van der Waals surface area contributed by atoms with E-state index in [2.05, 4.69) is 34.1 Å². The molecular formula is C17H26N6O2. The zero-order valence-electron chi connectivity index (χ0n) is 15.2. The normalized spacial score (nSPS) is 16.3. The summed E-state index contributed by atoms with van der Waals surface area (Å²) in [5.41, 5.74) is 0.184. The second-order valence-electron chi connectivity index (χ2n) is 7.32. The zero-order valence-corrected chi connectivity index (χ0v) is 15.2. The summed E-state index contributed by atoms with van der Waals surface area (Å²) in [5, 5.41) is 7.41. The Bertz CT molecular complexity index is 816. The number of fused-ring (bicyclic) bond motifs is 1. The highest BCUT2D eigenvalue weighted by atomic mass is 16.2. The maximum atomic E-state index is 12.4. The zero-order chi connectivity index (χ0) is 18.0. The largest absolute Gasteiger partial charge is 0.353 e. The third kappa shape index (κ3) is 3.73. The molecule has 0 aromatic carbocycles. The van der Waals surface area contributed by atoms with E-state index in [1.807, 2.05) is 0 Å². The second kappa shape index (κ2) is 6.95. The minimum atomic E-state index is -0.247. The third-order valence-electron chi connectivity index (χ3n) is 4.96. The first-order valence-corrected chi connectivity index (χ1v) is 8.77. The van der Waals surface area contributed by atoms with E-state index in [1.54, 1.807) is 11.7 Å². The van der Waals surface area contributed by atoms with Crippen molar-refractivity contribution in [1.82, 2.24) is 29.5 Å². The number of hydrogen-bond acceptors (Lipinski definition) is 5. The van der Waals surface area contributed by atoms with Crippen LogP contribution >= 0.6 is 0 Å². The number of aromatic nitrogens is 4. The highest BCUT2D eigenvalue weighted by molar-refractivity contribution is 5.77. The first kappa shape index (κ1) is 17.6. The lowest BCUT2D eigenvalue weighted by Gasteiger charge is -2.41. The fourth-order valence-corrected chi connectivity index (χ4v) is 3.32. The smallest absolute Gasteiger partial charge is 0.264 e. The van der Waals surface area contributed by atoms with Gasteiger partial charge < -0.3 is 5.32 Å². The number of aryl methyl sites for hydroxylation is 1. The molecule has 2 aromatic rings. The molecule has 1 amide bonds. The van der Waals surface area contributed by atoms with Crippen LogP contribution in [0.5, 0.6) is 0 Å². The fourth-order valence-electron chi connectivity index (χ4n) is 3.32. The van der Waals surface area contributed by atoms with Gasteiger partial charge in [-0.2, -0.15) is 5.10 Å². The highest BCUT2D eigenvalue weighted by Gasteiger charge is 2.28. The van der Waals surface area contributed by atoms with Crippen LogP contribution in [0, 0.1) is 0 Å². The van der Waals surface area contributed by atoms with Crippen molar-refractivity contribution in [3.63, 3.8) is 0 Å². The molecule has 1 saturated heterocycles. The van der Waals surface area contributed by atoms with Gasteiger partial charge in [-0.25, -0.2) is 4.98 Å². The molecule has 136 valence electrons. The van der Waals surface area contributed by atoms with Crippen LogP contribution in [0.4, 0.5) is 0 Å². The molecule has 1 aliphatic heterocycles. The Morgan fingerprint density at radius 1 is 1.28 bits per heavy atom. The van der Waals surface area contributed by atoms with Gasteiger partial charge in [-0.05, 0) is 39.8 Å². The average Bonchev–Trinajstić information content (AvgIpc) is 2.98. The summed E-state index contributed by atoms with van der Waals surface area (Å²) in [5.74, 6) is -0.183. The van der Waals surface area contributed by atoms with Crippen LogP contribution in [0.25, 0.3) is 11.0 Å². The van der Waals surface area contributed by atoms with E-state index >= 15 is 0 Å². The first-order chi connectivity index (χ1) is 11.9. The summed E-state index contributed by atoms with van der Waals surface area (Å²) in [7, 11) is 1.73. The summed E-state index contributed by atoms with van der Waals surface area (Å²) < 4.78 is 2.87. The van der Waals surface area contributed by atoms with Crippen LogP contribution in [0.2, 0.25) is 0 Å². The topological polar surface area (TPSA) is 85.0 Å². The fraction of sp³-hybridized carbons (Fsp3) is 0.647. The van der Waals surface area contributed by atoms with Crippen LogP contribution in [-0.2, 0) is 18.4 Å². The Kier molecular flexibility index (Phi) is 4.89. The van der Waals surface area contributed by atoms with Crippen molar-refractivity contribution in [2.45, 2.75) is 45.2 Å². The molecular weight excluding hydrogens is 320 g/mol. The number of rotatable bonds is 5. The lowest BCUT2D eigenvalue weighted by atomic mass is 9.98. The van der Waals surface area contributed by atoms with Gasteiger partial charge in [-0.3, -0.25) is 23.7 Å². The van der Waals surface area contributed by atoms with E-state index in [0.29, 0.717) is 17.6 Å². The molecule has 25 heavy (non-hydrogen) atoms. The Hall–Kier alpha value is -2.22. The molecule has 1 aliphatic rings. The number of amides is 1. The molecule has 0 atom stereocenters. The van der Waals surface area contributed by atoms with E-state index in [-0.39, 0.29) is 23.6 Å². The van der Waals surface area contributed by atoms with Gasteiger partial charge in [0.1, 0.15) is 18.3 Å². The Morgan fingerprint density at radius 3 is 2.72 bits per heavy atom. The van der Waals surface area contributed by atoms with Crippen molar-refractivity contribution in [2.24, 2.45) is 7.05 Å². The number of likely N-dealkylation sites (tertiary alicyclic amines) is 1. The SMILES string of the molecule is Cn1ncc2c(=O)n(CC(=O)NCC(C)(C)N3CCCCC3)cnc21. The van der Waals surface area contributed by atoms with Gasteiger partial charge in [0.25, 0.3) is 5.56 Å². The van der Waals surface area contributed by atoms with Gasteiger partial charge in [0, 0.05) is 19.1 Å². The first-order valence-electron chi connectivity index (χ1n) is 8.77. The van der Waals surface area contributed by atoms with Crippen molar-refractivity contribution >= 4 is 16.9 Å². The molecule has 0 aliphatic carbocycles. The summed E-state index contributed by atoms with van der Waals surface area (Å²) in [6.07, 6.45) is 6.60. The minimum absolute atomic E-state index is 0.0350. The summed E-state index contributed by atoms with van der Waals surface area (Å²) in [6, 6.07) is 0. The molecule has 0 saturated carbocycles. The van der Waals surface area contributed by atoms with E-state index in [4.69, 9.17) is 0 Å².